The van der Waals surface area contributed by atoms with Gasteiger partial charge in [-0.1, -0.05) is 36.8 Å². The van der Waals surface area contributed by atoms with Crippen molar-refractivity contribution in [2.24, 2.45) is 10.9 Å². The summed E-state index contributed by atoms with van der Waals surface area (Å²) in [4.78, 5) is 6.91. The molecule has 1 aliphatic heterocycles. The van der Waals surface area contributed by atoms with E-state index in [0.29, 0.717) is 18.0 Å². The van der Waals surface area contributed by atoms with Gasteiger partial charge in [-0.2, -0.15) is 0 Å². The number of likely N-dealkylation sites (tertiary alicyclic amines) is 1. The second-order valence-electron chi connectivity index (χ2n) is 7.01. The molecular weight excluding hydrogens is 284 g/mol. The molecule has 4 heteroatoms. The molecule has 0 aromatic heterocycles. The summed E-state index contributed by atoms with van der Waals surface area (Å²) < 4.78 is 0. The average molecular weight is 316 g/mol. The molecule has 1 aromatic carbocycles. The van der Waals surface area contributed by atoms with Crippen molar-refractivity contribution in [1.82, 2.24) is 15.5 Å². The maximum absolute atomic E-state index is 4.38. The van der Waals surface area contributed by atoms with E-state index >= 15 is 0 Å². The maximum atomic E-state index is 4.38. The molecule has 1 aromatic rings. The molecule has 2 unspecified atom stereocenters. The zero-order valence-corrected chi connectivity index (χ0v) is 15.3. The minimum atomic E-state index is 0.475. The Morgan fingerprint density at radius 2 is 1.96 bits per heavy atom. The highest BCUT2D eigenvalue weighted by Crippen LogP contribution is 2.18. The van der Waals surface area contributed by atoms with E-state index in [1.807, 2.05) is 7.05 Å². The highest BCUT2D eigenvalue weighted by Gasteiger charge is 2.31. The molecule has 23 heavy (non-hydrogen) atoms. The number of hydrogen-bond acceptors (Lipinski definition) is 2. The Hall–Kier alpha value is -1.55. The van der Waals surface area contributed by atoms with Crippen LogP contribution in [0.1, 0.15) is 31.9 Å². The quantitative estimate of drug-likeness (QED) is 0.647. The molecule has 4 nitrogen and oxygen atoms in total. The lowest BCUT2D eigenvalue weighted by Gasteiger charge is -2.22. The zero-order chi connectivity index (χ0) is 16.8. The third-order valence-electron chi connectivity index (χ3n) is 4.74. The first-order chi connectivity index (χ1) is 11.0. The molecule has 0 aliphatic carbocycles. The minimum absolute atomic E-state index is 0.475. The molecule has 128 valence electrons. The van der Waals surface area contributed by atoms with Crippen molar-refractivity contribution in [3.8, 4) is 0 Å². The van der Waals surface area contributed by atoms with Crippen LogP contribution in [0.15, 0.2) is 29.3 Å². The Morgan fingerprint density at radius 3 is 2.52 bits per heavy atom. The van der Waals surface area contributed by atoms with Crippen molar-refractivity contribution in [3.05, 3.63) is 35.4 Å². The van der Waals surface area contributed by atoms with Gasteiger partial charge in [0.1, 0.15) is 0 Å². The molecular formula is C19H32N4. The fourth-order valence-corrected chi connectivity index (χ4v) is 3.06. The first-order valence-corrected chi connectivity index (χ1v) is 8.76. The fraction of sp³-hybridized carbons (Fsp3) is 0.632. The van der Waals surface area contributed by atoms with Crippen LogP contribution in [0.5, 0.6) is 0 Å². The predicted octanol–water partition coefficient (Wildman–Crippen LogP) is 2.43. The maximum Gasteiger partial charge on any atom is 0.191 e. The van der Waals surface area contributed by atoms with Crippen LogP contribution >= 0.6 is 0 Å². The third-order valence-corrected chi connectivity index (χ3v) is 4.74. The van der Waals surface area contributed by atoms with Gasteiger partial charge < -0.3 is 10.6 Å². The number of guanidine groups is 1. The van der Waals surface area contributed by atoms with Crippen LogP contribution < -0.4 is 10.6 Å². The lowest BCUT2D eigenvalue weighted by atomic mass is 10.1. The summed E-state index contributed by atoms with van der Waals surface area (Å²) in [5.74, 6) is 1.56. The van der Waals surface area contributed by atoms with Crippen molar-refractivity contribution in [2.75, 3.05) is 26.7 Å². The summed E-state index contributed by atoms with van der Waals surface area (Å²) in [5, 5.41) is 7.04. The summed E-state index contributed by atoms with van der Waals surface area (Å²) in [6.07, 6.45) is 1.01. The summed E-state index contributed by atoms with van der Waals surface area (Å²) in [7, 11) is 1.85. The fourth-order valence-electron chi connectivity index (χ4n) is 3.06. The molecule has 0 radical (unpaired) electrons. The minimum Gasteiger partial charge on any atom is -0.356 e. The molecule has 1 aliphatic rings. The Labute approximate surface area is 141 Å². The van der Waals surface area contributed by atoms with Gasteiger partial charge in [-0.05, 0) is 38.7 Å². The van der Waals surface area contributed by atoms with Gasteiger partial charge in [0, 0.05) is 38.8 Å². The van der Waals surface area contributed by atoms with Crippen LogP contribution in [0, 0.1) is 12.8 Å². The second kappa shape index (κ2) is 8.34. The molecule has 0 amide bonds. The van der Waals surface area contributed by atoms with Crippen molar-refractivity contribution < 1.29 is 0 Å². The van der Waals surface area contributed by atoms with E-state index in [2.05, 4.69) is 72.5 Å². The van der Waals surface area contributed by atoms with Crippen LogP contribution in [-0.4, -0.2) is 49.6 Å². The van der Waals surface area contributed by atoms with E-state index in [4.69, 9.17) is 0 Å². The summed E-state index contributed by atoms with van der Waals surface area (Å²) in [5.41, 5.74) is 2.67. The van der Waals surface area contributed by atoms with E-state index < -0.39 is 0 Å². The van der Waals surface area contributed by atoms with Crippen molar-refractivity contribution in [3.63, 3.8) is 0 Å². The monoisotopic (exact) mass is 316 g/mol. The Balaban J connectivity index is 1.78. The summed E-state index contributed by atoms with van der Waals surface area (Å²) >= 11 is 0. The Kier molecular flexibility index (Phi) is 6.46. The highest BCUT2D eigenvalue weighted by molar-refractivity contribution is 5.80. The highest BCUT2D eigenvalue weighted by atomic mass is 15.3. The van der Waals surface area contributed by atoms with Crippen LogP contribution in [0.2, 0.25) is 0 Å². The lowest BCUT2D eigenvalue weighted by Crippen LogP contribution is -2.47. The molecule has 1 heterocycles. The van der Waals surface area contributed by atoms with Crippen molar-refractivity contribution >= 4 is 5.96 Å². The van der Waals surface area contributed by atoms with Gasteiger partial charge in [0.15, 0.2) is 5.96 Å². The van der Waals surface area contributed by atoms with Crippen LogP contribution in [0.25, 0.3) is 0 Å². The number of aryl methyl sites for hydroxylation is 1. The van der Waals surface area contributed by atoms with Crippen LogP contribution in [0.4, 0.5) is 0 Å². The molecule has 0 bridgehead atoms. The van der Waals surface area contributed by atoms with Crippen LogP contribution in [0.3, 0.4) is 0 Å². The number of aliphatic imine (C=N–C) groups is 1. The number of rotatable bonds is 5. The van der Waals surface area contributed by atoms with E-state index in [9.17, 15) is 0 Å². The van der Waals surface area contributed by atoms with Gasteiger partial charge in [-0.15, -0.1) is 0 Å². The average Bonchev–Trinajstić information content (AvgIpc) is 2.89. The van der Waals surface area contributed by atoms with Crippen molar-refractivity contribution in [1.29, 1.82) is 0 Å². The number of benzene rings is 1. The first-order valence-electron chi connectivity index (χ1n) is 8.76. The van der Waals surface area contributed by atoms with E-state index in [1.54, 1.807) is 0 Å². The SMILES string of the molecule is CN=C(NCCc1ccc(C)cc1)NC1CN(C(C)C)CC1C. The van der Waals surface area contributed by atoms with Gasteiger partial charge in [-0.3, -0.25) is 9.89 Å². The first kappa shape index (κ1) is 17.8. The second-order valence-corrected chi connectivity index (χ2v) is 7.01. The van der Waals surface area contributed by atoms with Gasteiger partial charge in [0.05, 0.1) is 0 Å². The zero-order valence-electron chi connectivity index (χ0n) is 15.3. The topological polar surface area (TPSA) is 39.7 Å². The van der Waals surface area contributed by atoms with Crippen LogP contribution in [-0.2, 0) is 6.42 Å². The molecule has 2 N–H and O–H groups in total. The van der Waals surface area contributed by atoms with Crippen molar-refractivity contribution in [2.45, 2.75) is 46.2 Å². The number of nitrogens with zero attached hydrogens (tertiary/aromatic N) is 2. The smallest absolute Gasteiger partial charge is 0.191 e. The largest absolute Gasteiger partial charge is 0.356 e. The normalized spacial score (nSPS) is 22.6. The molecule has 0 spiro atoms. The molecule has 1 saturated heterocycles. The number of hydrogen-bond donors (Lipinski definition) is 2. The molecule has 0 saturated carbocycles. The Bertz CT molecular complexity index is 507. The Morgan fingerprint density at radius 1 is 1.26 bits per heavy atom. The lowest BCUT2D eigenvalue weighted by molar-refractivity contribution is 0.265. The third kappa shape index (κ3) is 5.24. The standard InChI is InChI=1S/C19H32N4/c1-14(2)23-12-16(4)18(13-23)22-19(20-5)21-11-10-17-8-6-15(3)7-9-17/h6-9,14,16,18H,10-13H2,1-5H3,(H2,20,21,22). The number of nitrogens with one attached hydrogen (secondary N) is 2. The van der Waals surface area contributed by atoms with Gasteiger partial charge in [0.2, 0.25) is 0 Å². The molecule has 2 rings (SSSR count). The van der Waals surface area contributed by atoms with E-state index in [0.717, 1.165) is 32.0 Å². The van der Waals surface area contributed by atoms with Gasteiger partial charge in [-0.25, -0.2) is 0 Å². The molecule has 1 fully saturated rings. The summed E-state index contributed by atoms with van der Waals surface area (Å²) in [6.45, 7) is 12.1. The van der Waals surface area contributed by atoms with E-state index in [-0.39, 0.29) is 0 Å². The summed E-state index contributed by atoms with van der Waals surface area (Å²) in [6, 6.07) is 9.83. The van der Waals surface area contributed by atoms with E-state index in [1.165, 1.54) is 11.1 Å². The molecule has 2 atom stereocenters. The van der Waals surface area contributed by atoms with Gasteiger partial charge >= 0.3 is 0 Å². The predicted molar refractivity (Wildman–Crippen MR) is 99.0 cm³/mol. The van der Waals surface area contributed by atoms with Gasteiger partial charge in [0.25, 0.3) is 0 Å².